The fourth-order valence-electron chi connectivity index (χ4n) is 3.45. The Morgan fingerprint density at radius 1 is 0.938 bits per heavy atom. The topological polar surface area (TPSA) is 9.23 Å². The summed E-state index contributed by atoms with van der Waals surface area (Å²) in [6.07, 6.45) is 2.18. The molecule has 0 spiro atoms. The van der Waals surface area contributed by atoms with Crippen LogP contribution in [0.15, 0.2) is 0 Å². The van der Waals surface area contributed by atoms with Gasteiger partial charge in [0.25, 0.3) is 0 Å². The molecule has 1 unspecified atom stereocenters. The first-order chi connectivity index (χ1) is 7.34. The predicted octanol–water partition coefficient (Wildman–Crippen LogP) is 4.36. The Morgan fingerprint density at radius 3 is 1.88 bits per heavy atom. The lowest BCUT2D eigenvalue weighted by molar-refractivity contribution is -0.00683. The van der Waals surface area contributed by atoms with Gasteiger partial charge in [0, 0.05) is 0 Å². The summed E-state index contributed by atoms with van der Waals surface area (Å²) < 4.78 is 6.32. The van der Waals surface area contributed by atoms with E-state index in [4.69, 9.17) is 4.74 Å². The van der Waals surface area contributed by atoms with Gasteiger partial charge >= 0.3 is 0 Å². The quantitative estimate of drug-likeness (QED) is 0.692. The molecular weight excluding hydrogens is 196 g/mol. The summed E-state index contributed by atoms with van der Waals surface area (Å²) in [6, 6.07) is 0. The highest BCUT2D eigenvalue weighted by Crippen LogP contribution is 2.42. The van der Waals surface area contributed by atoms with Gasteiger partial charge in [0.1, 0.15) is 0 Å². The third kappa shape index (κ3) is 3.00. The highest BCUT2D eigenvalue weighted by molar-refractivity contribution is 4.91. The third-order valence-electron chi connectivity index (χ3n) is 4.02. The first-order valence-corrected chi connectivity index (χ1v) is 7.00. The minimum atomic E-state index is 0.469. The van der Waals surface area contributed by atoms with Crippen molar-refractivity contribution >= 4 is 0 Å². The smallest absolute Gasteiger partial charge is 0.0631 e. The van der Waals surface area contributed by atoms with Crippen LogP contribution in [0, 0.1) is 29.6 Å². The summed E-state index contributed by atoms with van der Waals surface area (Å²) in [5.74, 6) is 3.58. The molecule has 0 bridgehead atoms. The molecule has 0 aromatic heterocycles. The Morgan fingerprint density at radius 2 is 1.50 bits per heavy atom. The Kier molecular flexibility index (Phi) is 4.85. The van der Waals surface area contributed by atoms with Crippen molar-refractivity contribution < 1.29 is 4.74 Å². The van der Waals surface area contributed by atoms with Crippen LogP contribution >= 0.6 is 0 Å². The molecule has 0 aromatic rings. The lowest BCUT2D eigenvalue weighted by Gasteiger charge is -2.26. The van der Waals surface area contributed by atoms with E-state index in [2.05, 4.69) is 48.5 Å². The van der Waals surface area contributed by atoms with E-state index in [1.54, 1.807) is 0 Å². The molecule has 1 aliphatic rings. The largest absolute Gasteiger partial charge is 0.374 e. The zero-order valence-electron chi connectivity index (χ0n) is 12.2. The average molecular weight is 226 g/mol. The summed E-state index contributed by atoms with van der Waals surface area (Å²) >= 11 is 0. The monoisotopic (exact) mass is 226 g/mol. The van der Waals surface area contributed by atoms with E-state index >= 15 is 0 Å². The Hall–Kier alpha value is -0.0400. The first-order valence-electron chi connectivity index (χ1n) is 7.00. The van der Waals surface area contributed by atoms with Crippen LogP contribution in [-0.4, -0.2) is 12.2 Å². The van der Waals surface area contributed by atoms with Gasteiger partial charge in [-0.2, -0.15) is 0 Å². The number of hydrogen-bond acceptors (Lipinski definition) is 1. The summed E-state index contributed by atoms with van der Waals surface area (Å²) in [5, 5.41) is 0. The SMILES string of the molecule is CC(C)C[C@H]1O[C@@H](C(C)C)[C@@H](C)C1C(C)C. The molecule has 1 rings (SSSR count). The van der Waals surface area contributed by atoms with E-state index in [-0.39, 0.29) is 0 Å². The molecule has 1 aliphatic heterocycles. The van der Waals surface area contributed by atoms with E-state index < -0.39 is 0 Å². The molecule has 1 nitrogen and oxygen atoms in total. The van der Waals surface area contributed by atoms with Gasteiger partial charge in [0.05, 0.1) is 12.2 Å². The standard InChI is InChI=1S/C15H30O/c1-9(2)8-13-14(10(3)4)12(7)15(16-13)11(5)6/h9-15H,8H2,1-7H3/t12-,13+,14?,15-/m0/s1. The Balaban J connectivity index is 2.75. The fraction of sp³-hybridized carbons (Fsp3) is 1.00. The fourth-order valence-corrected chi connectivity index (χ4v) is 3.45. The van der Waals surface area contributed by atoms with Gasteiger partial charge in [0.2, 0.25) is 0 Å². The van der Waals surface area contributed by atoms with Crippen molar-refractivity contribution in [2.75, 3.05) is 0 Å². The average Bonchev–Trinajstić information content (AvgIpc) is 2.41. The highest BCUT2D eigenvalue weighted by atomic mass is 16.5. The molecule has 1 heterocycles. The van der Waals surface area contributed by atoms with E-state index in [0.717, 1.165) is 17.8 Å². The van der Waals surface area contributed by atoms with Crippen LogP contribution in [0.25, 0.3) is 0 Å². The zero-order chi connectivity index (χ0) is 12.5. The summed E-state index contributed by atoms with van der Waals surface area (Å²) in [6.45, 7) is 16.3. The molecule has 4 atom stereocenters. The summed E-state index contributed by atoms with van der Waals surface area (Å²) in [5.41, 5.74) is 0. The van der Waals surface area contributed by atoms with Crippen LogP contribution in [0.3, 0.4) is 0 Å². The van der Waals surface area contributed by atoms with Crippen LogP contribution in [0.2, 0.25) is 0 Å². The van der Waals surface area contributed by atoms with Gasteiger partial charge in [-0.15, -0.1) is 0 Å². The summed E-state index contributed by atoms with van der Waals surface area (Å²) in [7, 11) is 0. The maximum absolute atomic E-state index is 6.32. The lowest BCUT2D eigenvalue weighted by Crippen LogP contribution is -2.27. The highest BCUT2D eigenvalue weighted by Gasteiger charge is 2.43. The van der Waals surface area contributed by atoms with Crippen molar-refractivity contribution in [1.82, 2.24) is 0 Å². The predicted molar refractivity (Wildman–Crippen MR) is 70.4 cm³/mol. The molecular formula is C15H30O. The molecule has 96 valence electrons. The molecule has 1 saturated heterocycles. The molecule has 0 N–H and O–H groups in total. The molecule has 1 fully saturated rings. The molecule has 0 aliphatic carbocycles. The molecule has 0 saturated carbocycles. The Labute approximate surface area is 102 Å². The van der Waals surface area contributed by atoms with Gasteiger partial charge in [0.15, 0.2) is 0 Å². The lowest BCUT2D eigenvalue weighted by atomic mass is 9.77. The van der Waals surface area contributed by atoms with Gasteiger partial charge in [-0.3, -0.25) is 0 Å². The second kappa shape index (κ2) is 5.53. The van der Waals surface area contributed by atoms with E-state index in [1.807, 2.05) is 0 Å². The van der Waals surface area contributed by atoms with Crippen LogP contribution in [0.5, 0.6) is 0 Å². The maximum atomic E-state index is 6.32. The summed E-state index contributed by atoms with van der Waals surface area (Å²) in [4.78, 5) is 0. The molecule has 0 radical (unpaired) electrons. The van der Waals surface area contributed by atoms with Crippen LogP contribution < -0.4 is 0 Å². The van der Waals surface area contributed by atoms with Gasteiger partial charge in [-0.1, -0.05) is 48.5 Å². The second-order valence-corrected chi connectivity index (χ2v) is 6.69. The zero-order valence-corrected chi connectivity index (χ0v) is 12.2. The van der Waals surface area contributed by atoms with Crippen molar-refractivity contribution in [1.29, 1.82) is 0 Å². The van der Waals surface area contributed by atoms with Gasteiger partial charge in [-0.05, 0) is 36.0 Å². The van der Waals surface area contributed by atoms with Crippen LogP contribution in [0.4, 0.5) is 0 Å². The molecule has 16 heavy (non-hydrogen) atoms. The minimum Gasteiger partial charge on any atom is -0.374 e. The minimum absolute atomic E-state index is 0.469. The van der Waals surface area contributed by atoms with Crippen molar-refractivity contribution in [3.05, 3.63) is 0 Å². The van der Waals surface area contributed by atoms with Crippen LogP contribution in [0.1, 0.15) is 54.9 Å². The number of ether oxygens (including phenoxy) is 1. The van der Waals surface area contributed by atoms with Crippen molar-refractivity contribution in [2.24, 2.45) is 29.6 Å². The van der Waals surface area contributed by atoms with Gasteiger partial charge in [-0.25, -0.2) is 0 Å². The van der Waals surface area contributed by atoms with Crippen LogP contribution in [-0.2, 0) is 4.74 Å². The van der Waals surface area contributed by atoms with E-state index in [0.29, 0.717) is 24.0 Å². The maximum Gasteiger partial charge on any atom is 0.0631 e. The molecule has 0 aromatic carbocycles. The van der Waals surface area contributed by atoms with E-state index in [1.165, 1.54) is 6.42 Å². The molecule has 0 amide bonds. The first kappa shape index (κ1) is 14.0. The number of hydrogen-bond donors (Lipinski definition) is 0. The van der Waals surface area contributed by atoms with Gasteiger partial charge < -0.3 is 4.74 Å². The molecule has 1 heteroatoms. The third-order valence-corrected chi connectivity index (χ3v) is 4.02. The normalized spacial score (nSPS) is 35.6. The van der Waals surface area contributed by atoms with E-state index in [9.17, 15) is 0 Å². The Bertz CT molecular complexity index is 207. The van der Waals surface area contributed by atoms with Crippen molar-refractivity contribution in [3.8, 4) is 0 Å². The second-order valence-electron chi connectivity index (χ2n) is 6.69. The van der Waals surface area contributed by atoms with Crippen molar-refractivity contribution in [3.63, 3.8) is 0 Å². The van der Waals surface area contributed by atoms with Crippen molar-refractivity contribution in [2.45, 2.75) is 67.1 Å². The number of rotatable bonds is 4.